The van der Waals surface area contributed by atoms with E-state index in [1.54, 1.807) is 0 Å². The van der Waals surface area contributed by atoms with E-state index in [4.69, 9.17) is 9.47 Å². The summed E-state index contributed by atoms with van der Waals surface area (Å²) in [7, 11) is 0. The fourth-order valence-corrected chi connectivity index (χ4v) is 3.57. The number of ether oxygens (including phenoxy) is 2. The van der Waals surface area contributed by atoms with E-state index in [1.807, 2.05) is 0 Å². The predicted molar refractivity (Wildman–Crippen MR) is 122 cm³/mol. The van der Waals surface area contributed by atoms with Crippen molar-refractivity contribution in [2.45, 2.75) is 122 Å². The first-order chi connectivity index (χ1) is 14.3. The van der Waals surface area contributed by atoms with Crippen LogP contribution in [0.25, 0.3) is 0 Å². The maximum atomic E-state index is 11.6. The molecule has 0 spiro atoms. The van der Waals surface area contributed by atoms with E-state index in [2.05, 4.69) is 24.1 Å². The molecule has 0 aromatic heterocycles. The number of nitrogens with zero attached hydrogens (tertiary/aromatic N) is 1. The molecule has 4 nitrogen and oxygen atoms in total. The fourth-order valence-electron chi connectivity index (χ4n) is 3.57. The summed E-state index contributed by atoms with van der Waals surface area (Å²) in [5.74, 6) is -0.216. The third-order valence-electron chi connectivity index (χ3n) is 5.40. The quantitative estimate of drug-likeness (QED) is 0.126. The van der Waals surface area contributed by atoms with Crippen LogP contribution in [-0.4, -0.2) is 25.2 Å². The molecule has 0 aromatic carbocycles. The topological polar surface area (TPSA) is 47.9 Å². The summed E-state index contributed by atoms with van der Waals surface area (Å²) in [5.41, 5.74) is 0. The van der Waals surface area contributed by atoms with Crippen molar-refractivity contribution >= 4 is 12.1 Å². The van der Waals surface area contributed by atoms with Crippen molar-refractivity contribution in [3.05, 3.63) is 12.2 Å². The Morgan fingerprint density at radius 2 is 1.34 bits per heavy atom. The summed E-state index contributed by atoms with van der Waals surface area (Å²) in [6, 6.07) is 0. The molecule has 0 fully saturated rings. The lowest BCUT2D eigenvalue weighted by atomic mass is 10.1. The Kier molecular flexibility index (Phi) is 17.7. The Morgan fingerprint density at radius 3 is 1.86 bits per heavy atom. The Bertz CT molecular complexity index is 445. The second kappa shape index (κ2) is 20.0. The molecule has 0 saturated heterocycles. The van der Waals surface area contributed by atoms with E-state index in [0.29, 0.717) is 19.6 Å². The zero-order valence-corrected chi connectivity index (χ0v) is 19.0. The van der Waals surface area contributed by atoms with Gasteiger partial charge in [-0.3, -0.25) is 4.79 Å². The molecule has 1 heterocycles. The molecule has 0 atom stereocenters. The van der Waals surface area contributed by atoms with E-state index < -0.39 is 0 Å². The number of carbonyl (C=O) groups excluding carboxylic acids is 1. The summed E-state index contributed by atoms with van der Waals surface area (Å²) < 4.78 is 10.1. The van der Waals surface area contributed by atoms with E-state index in [0.717, 1.165) is 12.8 Å². The van der Waals surface area contributed by atoms with E-state index in [1.165, 1.54) is 96.3 Å². The molecular weight excluding hydrogens is 362 g/mol. The van der Waals surface area contributed by atoms with Crippen molar-refractivity contribution < 1.29 is 14.3 Å². The summed E-state index contributed by atoms with van der Waals surface area (Å²) in [6.45, 7) is 3.40. The highest BCUT2D eigenvalue weighted by Crippen LogP contribution is 2.12. The van der Waals surface area contributed by atoms with Crippen molar-refractivity contribution in [3.63, 3.8) is 0 Å². The minimum atomic E-state index is -0.216. The summed E-state index contributed by atoms with van der Waals surface area (Å²) in [4.78, 5) is 15.5. The van der Waals surface area contributed by atoms with Gasteiger partial charge in [0.05, 0.1) is 6.54 Å². The lowest BCUT2D eigenvalue weighted by molar-refractivity contribution is -0.137. The number of allylic oxidation sites excluding steroid dienone is 2. The first kappa shape index (κ1) is 25.7. The van der Waals surface area contributed by atoms with Crippen molar-refractivity contribution in [1.29, 1.82) is 0 Å². The third-order valence-corrected chi connectivity index (χ3v) is 5.40. The average Bonchev–Trinajstić information content (AvgIpc) is 3.22. The highest BCUT2D eigenvalue weighted by atomic mass is 16.7. The average molecular weight is 408 g/mol. The van der Waals surface area contributed by atoms with Gasteiger partial charge in [0.25, 0.3) is 0 Å². The Balaban J connectivity index is 1.72. The normalized spacial score (nSPS) is 13.6. The molecule has 0 aliphatic carbocycles. The van der Waals surface area contributed by atoms with Gasteiger partial charge in [-0.05, 0) is 32.1 Å². The van der Waals surface area contributed by atoms with Gasteiger partial charge in [-0.25, -0.2) is 4.99 Å². The highest BCUT2D eigenvalue weighted by molar-refractivity contribution is 5.84. The van der Waals surface area contributed by atoms with E-state index in [-0.39, 0.29) is 12.1 Å². The number of aliphatic imine (C=N–C) groups is 1. The van der Waals surface area contributed by atoms with Gasteiger partial charge >= 0.3 is 12.1 Å². The Morgan fingerprint density at radius 1 is 0.828 bits per heavy atom. The van der Waals surface area contributed by atoms with Crippen LogP contribution < -0.4 is 0 Å². The minimum absolute atomic E-state index is 0.156. The first-order valence-electron chi connectivity index (χ1n) is 12.4. The molecule has 4 heteroatoms. The van der Waals surface area contributed by atoms with Gasteiger partial charge in [0.1, 0.15) is 6.61 Å². The Labute approximate surface area is 179 Å². The molecule has 1 aliphatic rings. The fraction of sp³-hybridized carbons (Fsp3) is 0.840. The maximum absolute atomic E-state index is 11.6. The Hall–Kier alpha value is -1.32. The SMILES string of the molecule is CCCCCCCC/C=C\CCCCCCCCCCCC(=O)OC1=NCCO1. The van der Waals surface area contributed by atoms with Crippen molar-refractivity contribution in [2.75, 3.05) is 13.2 Å². The van der Waals surface area contributed by atoms with Gasteiger partial charge in [0.2, 0.25) is 0 Å². The zero-order valence-electron chi connectivity index (χ0n) is 19.0. The lowest BCUT2D eigenvalue weighted by Crippen LogP contribution is -2.12. The van der Waals surface area contributed by atoms with Crippen LogP contribution >= 0.6 is 0 Å². The van der Waals surface area contributed by atoms with Gasteiger partial charge in [0, 0.05) is 6.42 Å². The number of unbranched alkanes of at least 4 members (excludes halogenated alkanes) is 15. The van der Waals surface area contributed by atoms with Gasteiger partial charge < -0.3 is 9.47 Å². The number of rotatable bonds is 19. The second-order valence-electron chi connectivity index (χ2n) is 8.22. The molecule has 0 bridgehead atoms. The summed E-state index contributed by atoms with van der Waals surface area (Å²) >= 11 is 0. The summed E-state index contributed by atoms with van der Waals surface area (Å²) in [5, 5.41) is 0. The van der Waals surface area contributed by atoms with Gasteiger partial charge in [-0.15, -0.1) is 0 Å². The highest BCUT2D eigenvalue weighted by Gasteiger charge is 2.13. The lowest BCUT2D eigenvalue weighted by Gasteiger charge is -2.04. The second-order valence-corrected chi connectivity index (χ2v) is 8.22. The predicted octanol–water partition coefficient (Wildman–Crippen LogP) is 7.51. The van der Waals surface area contributed by atoms with Gasteiger partial charge in [-0.1, -0.05) is 96.1 Å². The van der Waals surface area contributed by atoms with Gasteiger partial charge in [0.15, 0.2) is 0 Å². The van der Waals surface area contributed by atoms with Crippen molar-refractivity contribution in [1.82, 2.24) is 0 Å². The molecule has 29 heavy (non-hydrogen) atoms. The molecule has 0 amide bonds. The van der Waals surface area contributed by atoms with Crippen LogP contribution in [0.4, 0.5) is 0 Å². The van der Waals surface area contributed by atoms with Crippen LogP contribution in [0.2, 0.25) is 0 Å². The van der Waals surface area contributed by atoms with Crippen molar-refractivity contribution in [3.8, 4) is 0 Å². The molecule has 168 valence electrons. The molecule has 0 aromatic rings. The van der Waals surface area contributed by atoms with Crippen molar-refractivity contribution in [2.24, 2.45) is 4.99 Å². The molecule has 0 unspecified atom stereocenters. The molecule has 1 rings (SSSR count). The van der Waals surface area contributed by atoms with Crippen LogP contribution in [0.15, 0.2) is 17.1 Å². The molecule has 0 radical (unpaired) electrons. The monoisotopic (exact) mass is 407 g/mol. The number of carbonyl (C=O) groups is 1. The van der Waals surface area contributed by atoms with E-state index in [9.17, 15) is 4.79 Å². The maximum Gasteiger partial charge on any atom is 0.391 e. The smallest absolute Gasteiger partial charge is 0.391 e. The molecular formula is C25H45NO3. The van der Waals surface area contributed by atoms with Crippen LogP contribution in [0, 0.1) is 0 Å². The molecule has 1 aliphatic heterocycles. The van der Waals surface area contributed by atoms with Crippen LogP contribution in [0.1, 0.15) is 122 Å². The van der Waals surface area contributed by atoms with Gasteiger partial charge in [-0.2, -0.15) is 0 Å². The number of hydrogen-bond acceptors (Lipinski definition) is 4. The zero-order chi connectivity index (χ0) is 20.8. The number of hydrogen-bond donors (Lipinski definition) is 0. The van der Waals surface area contributed by atoms with Crippen LogP contribution in [0.3, 0.4) is 0 Å². The third kappa shape index (κ3) is 17.3. The van der Waals surface area contributed by atoms with Crippen LogP contribution in [-0.2, 0) is 14.3 Å². The largest absolute Gasteiger partial charge is 0.448 e. The van der Waals surface area contributed by atoms with Crippen LogP contribution in [0.5, 0.6) is 0 Å². The van der Waals surface area contributed by atoms with E-state index >= 15 is 0 Å². The number of esters is 1. The minimum Gasteiger partial charge on any atom is -0.448 e. The standard InChI is InChI=1S/C25H45NO3/c1-2-3-4-5-6-7-8-9-10-11-12-13-14-15-16-17-18-19-20-21-24(27)29-25-26-22-23-28-25/h9-10H,2-8,11-23H2,1H3/b10-9-. The molecule has 0 N–H and O–H groups in total. The summed E-state index contributed by atoms with van der Waals surface area (Å²) in [6.07, 6.45) is 27.5. The molecule has 0 saturated carbocycles. The first-order valence-corrected chi connectivity index (χ1v) is 12.4.